The average Bonchev–Trinajstić information content (AvgIpc) is 2.43. The van der Waals surface area contributed by atoms with Crippen molar-refractivity contribution in [3.63, 3.8) is 0 Å². The number of hydrogen-bond donors (Lipinski definition) is 1. The third kappa shape index (κ3) is 4.18. The zero-order valence-electron chi connectivity index (χ0n) is 12.9. The SMILES string of the molecule is CCC(CC)N(CCOC)c1ccc([C@H](C)O)cc1F. The highest BCUT2D eigenvalue weighted by Gasteiger charge is 2.19. The van der Waals surface area contributed by atoms with Crippen LogP contribution >= 0.6 is 0 Å². The monoisotopic (exact) mass is 283 g/mol. The number of benzene rings is 1. The summed E-state index contributed by atoms with van der Waals surface area (Å²) in [7, 11) is 1.65. The number of hydrogen-bond acceptors (Lipinski definition) is 3. The van der Waals surface area contributed by atoms with E-state index in [9.17, 15) is 9.50 Å². The van der Waals surface area contributed by atoms with Gasteiger partial charge < -0.3 is 14.7 Å². The summed E-state index contributed by atoms with van der Waals surface area (Å²) < 4.78 is 19.5. The van der Waals surface area contributed by atoms with Gasteiger partial charge >= 0.3 is 0 Å². The predicted octanol–water partition coefficient (Wildman–Crippen LogP) is 3.52. The lowest BCUT2D eigenvalue weighted by Gasteiger charge is -2.33. The lowest BCUT2D eigenvalue weighted by Crippen LogP contribution is -2.37. The lowest BCUT2D eigenvalue weighted by molar-refractivity contribution is 0.198. The van der Waals surface area contributed by atoms with E-state index in [1.165, 1.54) is 6.07 Å². The minimum absolute atomic E-state index is 0.286. The van der Waals surface area contributed by atoms with Crippen LogP contribution in [0.15, 0.2) is 18.2 Å². The molecule has 0 saturated carbocycles. The highest BCUT2D eigenvalue weighted by molar-refractivity contribution is 5.50. The molecule has 1 aromatic carbocycles. The van der Waals surface area contributed by atoms with Gasteiger partial charge in [0.05, 0.1) is 18.4 Å². The number of nitrogens with zero attached hydrogens (tertiary/aromatic N) is 1. The van der Waals surface area contributed by atoms with E-state index in [0.29, 0.717) is 24.4 Å². The first-order valence-electron chi connectivity index (χ1n) is 7.28. The molecule has 3 nitrogen and oxygen atoms in total. The number of methoxy groups -OCH3 is 1. The number of aliphatic hydroxyl groups excluding tert-OH is 1. The van der Waals surface area contributed by atoms with Crippen molar-refractivity contribution >= 4 is 5.69 Å². The Morgan fingerprint density at radius 3 is 2.40 bits per heavy atom. The Balaban J connectivity index is 3.06. The first-order chi connectivity index (χ1) is 9.54. The van der Waals surface area contributed by atoms with Gasteiger partial charge in [0.2, 0.25) is 0 Å². The van der Waals surface area contributed by atoms with Crippen molar-refractivity contribution in [2.45, 2.75) is 45.8 Å². The molecule has 0 bridgehead atoms. The van der Waals surface area contributed by atoms with E-state index in [-0.39, 0.29) is 11.9 Å². The number of ether oxygens (including phenoxy) is 1. The van der Waals surface area contributed by atoms with Crippen molar-refractivity contribution in [1.82, 2.24) is 0 Å². The second-order valence-corrected chi connectivity index (χ2v) is 5.04. The Kier molecular flexibility index (Phi) is 6.96. The van der Waals surface area contributed by atoms with Gasteiger partial charge in [0.15, 0.2) is 0 Å². The Morgan fingerprint density at radius 2 is 1.95 bits per heavy atom. The molecule has 0 spiro atoms. The van der Waals surface area contributed by atoms with Crippen LogP contribution in [-0.2, 0) is 4.74 Å². The summed E-state index contributed by atoms with van der Waals surface area (Å²) >= 11 is 0. The normalized spacial score (nSPS) is 12.8. The third-order valence-corrected chi connectivity index (χ3v) is 3.68. The molecule has 0 aliphatic carbocycles. The predicted molar refractivity (Wildman–Crippen MR) is 80.6 cm³/mol. The van der Waals surface area contributed by atoms with E-state index in [0.717, 1.165) is 12.8 Å². The molecule has 0 radical (unpaired) electrons. The van der Waals surface area contributed by atoms with Crippen molar-refractivity contribution in [2.24, 2.45) is 0 Å². The second kappa shape index (κ2) is 8.22. The summed E-state index contributed by atoms with van der Waals surface area (Å²) in [6, 6.07) is 5.25. The summed E-state index contributed by atoms with van der Waals surface area (Å²) in [5, 5.41) is 9.52. The highest BCUT2D eigenvalue weighted by atomic mass is 19.1. The highest BCUT2D eigenvalue weighted by Crippen LogP contribution is 2.26. The summed E-state index contributed by atoms with van der Waals surface area (Å²) in [4.78, 5) is 2.06. The van der Waals surface area contributed by atoms with E-state index >= 15 is 0 Å². The van der Waals surface area contributed by atoms with Crippen LogP contribution in [0.5, 0.6) is 0 Å². The van der Waals surface area contributed by atoms with Gasteiger partial charge in [-0.15, -0.1) is 0 Å². The fourth-order valence-corrected chi connectivity index (χ4v) is 2.43. The molecule has 1 rings (SSSR count). The maximum Gasteiger partial charge on any atom is 0.146 e. The van der Waals surface area contributed by atoms with Gasteiger partial charge in [0.25, 0.3) is 0 Å². The average molecular weight is 283 g/mol. The van der Waals surface area contributed by atoms with Gasteiger partial charge in [-0.1, -0.05) is 19.9 Å². The maximum atomic E-state index is 14.3. The Hall–Kier alpha value is -1.13. The standard InChI is InChI=1S/C16H26FNO2/c1-5-14(6-2)18(9-10-20-4)16-8-7-13(12(3)19)11-15(16)17/h7-8,11-12,14,19H,5-6,9-10H2,1-4H3/t12-/m0/s1. The molecule has 1 atom stereocenters. The molecule has 0 heterocycles. The van der Waals surface area contributed by atoms with E-state index in [4.69, 9.17) is 4.74 Å². The lowest BCUT2D eigenvalue weighted by atomic mass is 10.1. The Morgan fingerprint density at radius 1 is 1.30 bits per heavy atom. The fourth-order valence-electron chi connectivity index (χ4n) is 2.43. The molecule has 0 amide bonds. The van der Waals surface area contributed by atoms with Crippen LogP contribution in [0.1, 0.15) is 45.3 Å². The molecule has 0 aliphatic rings. The van der Waals surface area contributed by atoms with Gasteiger partial charge in [0.1, 0.15) is 5.82 Å². The number of anilines is 1. The van der Waals surface area contributed by atoms with Crippen molar-refractivity contribution in [3.05, 3.63) is 29.6 Å². The van der Waals surface area contributed by atoms with Crippen molar-refractivity contribution in [2.75, 3.05) is 25.2 Å². The largest absolute Gasteiger partial charge is 0.389 e. The maximum absolute atomic E-state index is 14.3. The molecule has 4 heteroatoms. The van der Waals surface area contributed by atoms with Crippen LogP contribution < -0.4 is 4.90 Å². The van der Waals surface area contributed by atoms with E-state index in [1.807, 2.05) is 0 Å². The minimum Gasteiger partial charge on any atom is -0.389 e. The molecule has 114 valence electrons. The molecular weight excluding hydrogens is 257 g/mol. The van der Waals surface area contributed by atoms with Gasteiger partial charge in [-0.3, -0.25) is 0 Å². The van der Waals surface area contributed by atoms with E-state index < -0.39 is 6.10 Å². The molecule has 0 aliphatic heterocycles. The number of halogens is 1. The first kappa shape index (κ1) is 16.9. The summed E-state index contributed by atoms with van der Waals surface area (Å²) in [6.07, 6.45) is 1.26. The molecule has 0 saturated heterocycles. The minimum atomic E-state index is -0.654. The van der Waals surface area contributed by atoms with Gasteiger partial charge in [0, 0.05) is 19.7 Å². The summed E-state index contributed by atoms with van der Waals surface area (Å²) in [5.74, 6) is -0.286. The topological polar surface area (TPSA) is 32.7 Å². The molecule has 0 unspecified atom stereocenters. The van der Waals surface area contributed by atoms with Gasteiger partial charge in [-0.05, 0) is 37.5 Å². The molecule has 1 N–H and O–H groups in total. The first-order valence-corrected chi connectivity index (χ1v) is 7.28. The molecule has 1 aromatic rings. The van der Waals surface area contributed by atoms with Crippen LogP contribution in [0, 0.1) is 5.82 Å². The molecule has 0 fully saturated rings. The Labute approximate surface area is 121 Å². The zero-order chi connectivity index (χ0) is 15.1. The van der Waals surface area contributed by atoms with Crippen molar-refractivity contribution < 1.29 is 14.2 Å². The summed E-state index contributed by atoms with van der Waals surface area (Å²) in [5.41, 5.74) is 1.18. The van der Waals surface area contributed by atoms with Gasteiger partial charge in [-0.2, -0.15) is 0 Å². The smallest absolute Gasteiger partial charge is 0.146 e. The van der Waals surface area contributed by atoms with Crippen LogP contribution in [0.2, 0.25) is 0 Å². The van der Waals surface area contributed by atoms with Crippen LogP contribution in [-0.4, -0.2) is 31.4 Å². The van der Waals surface area contributed by atoms with E-state index in [1.54, 1.807) is 26.2 Å². The zero-order valence-corrected chi connectivity index (χ0v) is 12.9. The van der Waals surface area contributed by atoms with Crippen molar-refractivity contribution in [3.8, 4) is 0 Å². The molecular formula is C16H26FNO2. The van der Waals surface area contributed by atoms with Crippen LogP contribution in [0.25, 0.3) is 0 Å². The van der Waals surface area contributed by atoms with Crippen LogP contribution in [0.4, 0.5) is 10.1 Å². The van der Waals surface area contributed by atoms with Gasteiger partial charge in [-0.25, -0.2) is 4.39 Å². The second-order valence-electron chi connectivity index (χ2n) is 5.04. The van der Waals surface area contributed by atoms with Crippen LogP contribution in [0.3, 0.4) is 0 Å². The van der Waals surface area contributed by atoms with E-state index in [2.05, 4.69) is 18.7 Å². The fraction of sp³-hybridized carbons (Fsp3) is 0.625. The third-order valence-electron chi connectivity index (χ3n) is 3.68. The Bertz CT molecular complexity index is 405. The number of rotatable bonds is 8. The quantitative estimate of drug-likeness (QED) is 0.792. The van der Waals surface area contributed by atoms with Crippen molar-refractivity contribution in [1.29, 1.82) is 0 Å². The molecule has 20 heavy (non-hydrogen) atoms. The summed E-state index contributed by atoms with van der Waals surface area (Å²) in [6.45, 7) is 7.08. The molecule has 0 aromatic heterocycles. The number of aliphatic hydroxyl groups is 1.